The SMILES string of the molecule is O=C(CCCCCCCC(=O)OOO)OO. The third-order valence-electron chi connectivity index (χ3n) is 1.99. The van der Waals surface area contributed by atoms with Crippen LogP contribution >= 0.6 is 0 Å². The average molecular weight is 236 g/mol. The van der Waals surface area contributed by atoms with Crippen LogP contribution in [0.2, 0.25) is 0 Å². The second-order valence-corrected chi connectivity index (χ2v) is 3.26. The zero-order valence-corrected chi connectivity index (χ0v) is 8.89. The summed E-state index contributed by atoms with van der Waals surface area (Å²) in [7, 11) is 0. The zero-order chi connectivity index (χ0) is 12.2. The van der Waals surface area contributed by atoms with Gasteiger partial charge in [0.05, 0.1) is 0 Å². The standard InChI is InChI=1S/C9H16O7/c10-8(14-12)6-4-2-1-3-5-7-9(11)15-16-13/h12-13H,1-7H2. The van der Waals surface area contributed by atoms with Crippen LogP contribution in [0, 0.1) is 0 Å². The third-order valence-corrected chi connectivity index (χ3v) is 1.99. The largest absolute Gasteiger partial charge is 0.345 e. The molecular formula is C9H16O7. The molecule has 0 heterocycles. The topological polar surface area (TPSA) is 102 Å². The number of carbonyl (C=O) groups excluding carboxylic acids is 2. The number of unbranched alkanes of at least 4 members (excludes halogenated alkanes) is 4. The summed E-state index contributed by atoms with van der Waals surface area (Å²) in [5, 5.41) is 18.9. The smallest absolute Gasteiger partial charge is 0.301 e. The molecule has 16 heavy (non-hydrogen) atoms. The highest BCUT2D eigenvalue weighted by Gasteiger charge is 2.04. The first kappa shape index (κ1) is 14.8. The second kappa shape index (κ2) is 10.3. The molecule has 94 valence electrons. The lowest BCUT2D eigenvalue weighted by Gasteiger charge is -2.00. The van der Waals surface area contributed by atoms with Crippen molar-refractivity contribution in [1.82, 2.24) is 0 Å². The molecular weight excluding hydrogens is 220 g/mol. The molecule has 2 N–H and O–H groups in total. The molecule has 0 aliphatic heterocycles. The number of carbonyl (C=O) groups is 2. The van der Waals surface area contributed by atoms with Crippen LogP contribution in [-0.2, 0) is 24.4 Å². The lowest BCUT2D eigenvalue weighted by atomic mass is 10.1. The first-order chi connectivity index (χ1) is 7.70. The fraction of sp³-hybridized carbons (Fsp3) is 0.778. The van der Waals surface area contributed by atoms with Gasteiger partial charge in [-0.05, 0) is 17.9 Å². The number of hydrogen-bond acceptors (Lipinski definition) is 7. The number of hydrogen-bond donors (Lipinski definition) is 2. The molecule has 0 rings (SSSR count). The van der Waals surface area contributed by atoms with Crippen LogP contribution < -0.4 is 0 Å². The summed E-state index contributed by atoms with van der Waals surface area (Å²) in [4.78, 5) is 28.5. The van der Waals surface area contributed by atoms with Crippen molar-refractivity contribution in [3.63, 3.8) is 0 Å². The fourth-order valence-electron chi connectivity index (χ4n) is 1.20. The van der Waals surface area contributed by atoms with Crippen LogP contribution in [0.4, 0.5) is 0 Å². The molecule has 0 fully saturated rings. The van der Waals surface area contributed by atoms with Crippen molar-refractivity contribution in [3.05, 3.63) is 0 Å². The van der Waals surface area contributed by atoms with Gasteiger partial charge in [-0.25, -0.2) is 14.8 Å². The van der Waals surface area contributed by atoms with Crippen molar-refractivity contribution in [1.29, 1.82) is 0 Å². The Labute approximate surface area is 92.7 Å². The van der Waals surface area contributed by atoms with Gasteiger partial charge in [-0.15, -0.1) is 0 Å². The molecule has 0 bridgehead atoms. The normalized spacial score (nSPS) is 9.88. The predicted octanol–water partition coefficient (Wildman–Crippen LogP) is 1.68. The summed E-state index contributed by atoms with van der Waals surface area (Å²) < 4.78 is 0. The molecule has 7 nitrogen and oxygen atoms in total. The van der Waals surface area contributed by atoms with Gasteiger partial charge in [0, 0.05) is 12.8 Å². The van der Waals surface area contributed by atoms with Gasteiger partial charge in [0.1, 0.15) is 0 Å². The maximum Gasteiger partial charge on any atom is 0.345 e. The summed E-state index contributed by atoms with van der Waals surface area (Å²) in [6, 6.07) is 0. The van der Waals surface area contributed by atoms with E-state index in [1.54, 1.807) is 0 Å². The van der Waals surface area contributed by atoms with Crippen molar-refractivity contribution < 1.29 is 34.9 Å². The quantitative estimate of drug-likeness (QED) is 0.356. The van der Waals surface area contributed by atoms with Gasteiger partial charge in [0.15, 0.2) is 0 Å². The minimum Gasteiger partial charge on any atom is -0.301 e. The molecule has 0 radical (unpaired) electrons. The molecule has 0 aliphatic rings. The van der Waals surface area contributed by atoms with Crippen LogP contribution in [0.1, 0.15) is 44.9 Å². The van der Waals surface area contributed by atoms with E-state index < -0.39 is 11.9 Å². The molecule has 0 aromatic carbocycles. The summed E-state index contributed by atoms with van der Waals surface area (Å²) in [6.45, 7) is 0. The molecule has 0 aromatic rings. The van der Waals surface area contributed by atoms with E-state index in [2.05, 4.69) is 14.8 Å². The maximum absolute atomic E-state index is 10.7. The van der Waals surface area contributed by atoms with Gasteiger partial charge in [-0.1, -0.05) is 19.3 Å². The molecule has 0 amide bonds. The number of rotatable bonds is 9. The van der Waals surface area contributed by atoms with E-state index in [1.807, 2.05) is 0 Å². The van der Waals surface area contributed by atoms with Crippen molar-refractivity contribution in [3.8, 4) is 0 Å². The Bertz CT molecular complexity index is 204. The Morgan fingerprint density at radius 3 is 1.81 bits per heavy atom. The summed E-state index contributed by atoms with van der Waals surface area (Å²) in [6.07, 6.45) is 4.15. The average Bonchev–Trinajstić information content (AvgIpc) is 2.27. The minimum absolute atomic E-state index is 0.180. The van der Waals surface area contributed by atoms with E-state index in [9.17, 15) is 9.59 Å². The van der Waals surface area contributed by atoms with E-state index in [4.69, 9.17) is 10.5 Å². The second-order valence-electron chi connectivity index (χ2n) is 3.26. The first-order valence-electron chi connectivity index (χ1n) is 5.06. The molecule has 0 saturated heterocycles. The van der Waals surface area contributed by atoms with Gasteiger partial charge < -0.3 is 4.89 Å². The zero-order valence-electron chi connectivity index (χ0n) is 8.89. The van der Waals surface area contributed by atoms with Gasteiger partial charge in [-0.2, -0.15) is 5.26 Å². The van der Waals surface area contributed by atoms with E-state index in [0.717, 1.165) is 19.3 Å². The molecule has 0 unspecified atom stereocenters. The molecule has 0 aromatic heterocycles. The van der Waals surface area contributed by atoms with E-state index in [-0.39, 0.29) is 12.8 Å². The van der Waals surface area contributed by atoms with Crippen molar-refractivity contribution in [2.75, 3.05) is 0 Å². The van der Waals surface area contributed by atoms with Crippen molar-refractivity contribution in [2.24, 2.45) is 0 Å². The molecule has 0 aliphatic carbocycles. The Kier molecular flexibility index (Phi) is 9.58. The summed E-state index contributed by atoms with van der Waals surface area (Å²) in [5.74, 6) is -1.25. The van der Waals surface area contributed by atoms with Gasteiger partial charge >= 0.3 is 11.9 Å². The third kappa shape index (κ3) is 9.38. The van der Waals surface area contributed by atoms with Crippen molar-refractivity contribution in [2.45, 2.75) is 44.9 Å². The Balaban J connectivity index is 3.15. The lowest BCUT2D eigenvalue weighted by Crippen LogP contribution is -2.03. The van der Waals surface area contributed by atoms with Crippen LogP contribution in [0.25, 0.3) is 0 Å². The van der Waals surface area contributed by atoms with Crippen LogP contribution in [-0.4, -0.2) is 22.5 Å². The molecule has 0 saturated carbocycles. The Hall–Kier alpha value is -1.18. The van der Waals surface area contributed by atoms with Crippen LogP contribution in [0.5, 0.6) is 0 Å². The summed E-state index contributed by atoms with van der Waals surface area (Å²) in [5.41, 5.74) is 0. The van der Waals surface area contributed by atoms with E-state index >= 15 is 0 Å². The molecule has 7 heteroatoms. The van der Waals surface area contributed by atoms with Gasteiger partial charge in [0.25, 0.3) is 0 Å². The van der Waals surface area contributed by atoms with Gasteiger partial charge in [-0.3, -0.25) is 4.89 Å². The monoisotopic (exact) mass is 236 g/mol. The fourth-order valence-corrected chi connectivity index (χ4v) is 1.20. The van der Waals surface area contributed by atoms with Crippen LogP contribution in [0.3, 0.4) is 0 Å². The first-order valence-corrected chi connectivity index (χ1v) is 5.06. The molecule has 0 atom stereocenters. The predicted molar refractivity (Wildman–Crippen MR) is 50.8 cm³/mol. The maximum atomic E-state index is 10.7. The van der Waals surface area contributed by atoms with Crippen LogP contribution in [0.15, 0.2) is 0 Å². The highest BCUT2D eigenvalue weighted by atomic mass is 17.5. The van der Waals surface area contributed by atoms with Gasteiger partial charge in [0.2, 0.25) is 0 Å². The molecule has 0 spiro atoms. The van der Waals surface area contributed by atoms with E-state index in [0.29, 0.717) is 12.8 Å². The highest BCUT2D eigenvalue weighted by molar-refractivity contribution is 5.68. The minimum atomic E-state index is -0.635. The summed E-state index contributed by atoms with van der Waals surface area (Å²) >= 11 is 0. The highest BCUT2D eigenvalue weighted by Crippen LogP contribution is 2.08. The van der Waals surface area contributed by atoms with E-state index in [1.165, 1.54) is 0 Å². The van der Waals surface area contributed by atoms with Crippen molar-refractivity contribution >= 4 is 11.9 Å². The Morgan fingerprint density at radius 1 is 0.812 bits per heavy atom. The Morgan fingerprint density at radius 2 is 1.31 bits per heavy atom. The lowest BCUT2D eigenvalue weighted by molar-refractivity contribution is -0.462.